The van der Waals surface area contributed by atoms with Crippen molar-refractivity contribution in [3.63, 3.8) is 0 Å². The molecule has 0 spiro atoms. The monoisotopic (exact) mass is 473 g/mol. The van der Waals surface area contributed by atoms with Crippen LogP contribution < -0.4 is 15.5 Å². The average Bonchev–Trinajstić information content (AvgIpc) is 3.24. The maximum Gasteiger partial charge on any atom is 0.291 e. The van der Waals surface area contributed by atoms with Gasteiger partial charge in [-0.1, -0.05) is 25.5 Å². The minimum absolute atomic E-state index is 0.279. The normalized spacial score (nSPS) is 13.9. The van der Waals surface area contributed by atoms with Crippen LogP contribution in [-0.2, 0) is 12.8 Å². The highest BCUT2D eigenvalue weighted by Gasteiger charge is 2.28. The molecule has 35 heavy (non-hydrogen) atoms. The molecule has 3 aromatic rings. The predicted octanol–water partition coefficient (Wildman–Crippen LogP) is 5.66. The van der Waals surface area contributed by atoms with Crippen molar-refractivity contribution in [3.05, 3.63) is 82.3 Å². The van der Waals surface area contributed by atoms with Crippen molar-refractivity contribution in [2.75, 3.05) is 12.4 Å². The van der Waals surface area contributed by atoms with Gasteiger partial charge in [-0.2, -0.15) is 5.10 Å². The SMILES string of the molecule is CCCCc1ccc(NC(=O)c2oc3c(c2C)/C(=N/NC(=O)c2ccc(OC)cc2)CCC3)cc1. The molecule has 182 valence electrons. The summed E-state index contributed by atoms with van der Waals surface area (Å²) in [6.45, 7) is 4.03. The van der Waals surface area contributed by atoms with Crippen molar-refractivity contribution in [2.45, 2.75) is 52.4 Å². The molecule has 7 heteroatoms. The van der Waals surface area contributed by atoms with Crippen LogP contribution in [0.1, 0.15) is 76.0 Å². The molecule has 1 heterocycles. The van der Waals surface area contributed by atoms with E-state index < -0.39 is 0 Å². The van der Waals surface area contributed by atoms with Crippen molar-refractivity contribution in [1.82, 2.24) is 5.43 Å². The summed E-state index contributed by atoms with van der Waals surface area (Å²) in [4.78, 5) is 25.5. The number of hydrogen-bond acceptors (Lipinski definition) is 5. The molecule has 7 nitrogen and oxygen atoms in total. The van der Waals surface area contributed by atoms with E-state index in [1.54, 1.807) is 31.4 Å². The Bertz CT molecular complexity index is 1220. The number of benzene rings is 2. The Balaban J connectivity index is 1.48. The number of fused-ring (bicyclic) bond motifs is 1. The molecule has 0 fully saturated rings. The van der Waals surface area contributed by atoms with E-state index in [0.717, 1.165) is 54.7 Å². The van der Waals surface area contributed by atoms with Crippen LogP contribution in [0.15, 0.2) is 58.0 Å². The maximum absolute atomic E-state index is 13.0. The predicted molar refractivity (Wildman–Crippen MR) is 136 cm³/mol. The quantitative estimate of drug-likeness (QED) is 0.413. The zero-order chi connectivity index (χ0) is 24.8. The molecule has 2 aromatic carbocycles. The van der Waals surface area contributed by atoms with Crippen molar-refractivity contribution in [2.24, 2.45) is 5.10 Å². The minimum Gasteiger partial charge on any atom is -0.497 e. The molecular formula is C28H31N3O4. The first-order valence-electron chi connectivity index (χ1n) is 12.0. The number of methoxy groups -OCH3 is 1. The lowest BCUT2D eigenvalue weighted by molar-refractivity contribution is 0.0953. The molecule has 2 amide bonds. The highest BCUT2D eigenvalue weighted by Crippen LogP contribution is 2.30. The molecule has 0 saturated carbocycles. The van der Waals surface area contributed by atoms with E-state index in [0.29, 0.717) is 23.4 Å². The van der Waals surface area contributed by atoms with Crippen LogP contribution in [0.4, 0.5) is 5.69 Å². The second kappa shape index (κ2) is 11.0. The lowest BCUT2D eigenvalue weighted by Crippen LogP contribution is -2.22. The Labute approximate surface area is 205 Å². The minimum atomic E-state index is -0.311. The first-order chi connectivity index (χ1) is 17.0. The molecule has 1 aromatic heterocycles. The zero-order valence-corrected chi connectivity index (χ0v) is 20.4. The number of aryl methyl sites for hydroxylation is 2. The van der Waals surface area contributed by atoms with Crippen LogP contribution in [0.5, 0.6) is 5.75 Å². The Morgan fingerprint density at radius 3 is 2.46 bits per heavy atom. The van der Waals surface area contributed by atoms with Gasteiger partial charge in [-0.15, -0.1) is 0 Å². The third kappa shape index (κ3) is 5.62. The fraction of sp³-hybridized carbons (Fsp3) is 0.321. The van der Waals surface area contributed by atoms with Crippen LogP contribution in [0.3, 0.4) is 0 Å². The van der Waals surface area contributed by atoms with Gasteiger partial charge >= 0.3 is 0 Å². The molecule has 2 N–H and O–H groups in total. The van der Waals surface area contributed by atoms with E-state index in [4.69, 9.17) is 9.15 Å². The van der Waals surface area contributed by atoms with Crippen molar-refractivity contribution in [1.29, 1.82) is 0 Å². The number of hydrazone groups is 1. The van der Waals surface area contributed by atoms with Gasteiger partial charge in [0.2, 0.25) is 0 Å². The van der Waals surface area contributed by atoms with Crippen LogP contribution in [0, 0.1) is 6.92 Å². The van der Waals surface area contributed by atoms with Crippen LogP contribution in [-0.4, -0.2) is 24.6 Å². The van der Waals surface area contributed by atoms with Crippen LogP contribution in [0.2, 0.25) is 0 Å². The van der Waals surface area contributed by atoms with Gasteiger partial charge in [0.05, 0.1) is 12.8 Å². The average molecular weight is 474 g/mol. The van der Waals surface area contributed by atoms with Gasteiger partial charge in [0.15, 0.2) is 5.76 Å². The maximum atomic E-state index is 13.0. The van der Waals surface area contributed by atoms with Gasteiger partial charge in [0, 0.05) is 28.8 Å². The Hall–Kier alpha value is -3.87. The number of carbonyl (C=O) groups is 2. The highest BCUT2D eigenvalue weighted by atomic mass is 16.5. The van der Waals surface area contributed by atoms with Gasteiger partial charge in [-0.05, 0) is 74.6 Å². The number of anilines is 1. The van der Waals surface area contributed by atoms with Crippen molar-refractivity contribution >= 4 is 23.2 Å². The number of ether oxygens (including phenoxy) is 1. The molecule has 4 rings (SSSR count). The Kier molecular flexibility index (Phi) is 7.65. The number of nitrogens with zero attached hydrogens (tertiary/aromatic N) is 1. The van der Waals surface area contributed by atoms with Gasteiger partial charge < -0.3 is 14.5 Å². The summed E-state index contributed by atoms with van der Waals surface area (Å²) in [6, 6.07) is 14.7. The van der Waals surface area contributed by atoms with E-state index in [-0.39, 0.29) is 17.6 Å². The van der Waals surface area contributed by atoms with Gasteiger partial charge in [-0.3, -0.25) is 9.59 Å². The number of carbonyl (C=O) groups excluding carboxylic acids is 2. The lowest BCUT2D eigenvalue weighted by Gasteiger charge is -2.13. The van der Waals surface area contributed by atoms with Crippen LogP contribution in [0.25, 0.3) is 0 Å². The molecule has 1 aliphatic carbocycles. The summed E-state index contributed by atoms with van der Waals surface area (Å²) in [5, 5.41) is 7.32. The van der Waals surface area contributed by atoms with Gasteiger partial charge in [0.25, 0.3) is 11.8 Å². The van der Waals surface area contributed by atoms with Crippen molar-refractivity contribution in [3.8, 4) is 5.75 Å². The molecular weight excluding hydrogens is 442 g/mol. The number of hydrogen-bond donors (Lipinski definition) is 2. The number of amides is 2. The fourth-order valence-corrected chi connectivity index (χ4v) is 4.25. The van der Waals surface area contributed by atoms with E-state index in [9.17, 15) is 9.59 Å². The zero-order valence-electron chi connectivity index (χ0n) is 20.4. The number of rotatable bonds is 8. The highest BCUT2D eigenvalue weighted by molar-refractivity contribution is 6.09. The second-order valence-corrected chi connectivity index (χ2v) is 8.69. The molecule has 0 unspecified atom stereocenters. The summed E-state index contributed by atoms with van der Waals surface area (Å²) in [7, 11) is 1.58. The Morgan fingerprint density at radius 2 is 1.77 bits per heavy atom. The van der Waals surface area contributed by atoms with Crippen molar-refractivity contribution < 1.29 is 18.7 Å². The van der Waals surface area contributed by atoms with E-state index in [2.05, 4.69) is 22.8 Å². The van der Waals surface area contributed by atoms with E-state index in [1.165, 1.54) is 5.56 Å². The number of furan rings is 1. The summed E-state index contributed by atoms with van der Waals surface area (Å²) >= 11 is 0. The first kappa shape index (κ1) is 24.3. The van der Waals surface area contributed by atoms with Crippen LogP contribution >= 0.6 is 0 Å². The molecule has 0 radical (unpaired) electrons. The summed E-state index contributed by atoms with van der Waals surface area (Å²) in [5.41, 5.74) is 7.36. The Morgan fingerprint density at radius 1 is 1.03 bits per heavy atom. The first-order valence-corrected chi connectivity index (χ1v) is 12.0. The molecule has 1 aliphatic rings. The summed E-state index contributed by atoms with van der Waals surface area (Å²) in [5.74, 6) is 1.08. The van der Waals surface area contributed by atoms with E-state index in [1.807, 2.05) is 31.2 Å². The topological polar surface area (TPSA) is 92.9 Å². The fourth-order valence-electron chi connectivity index (χ4n) is 4.25. The largest absolute Gasteiger partial charge is 0.497 e. The molecule has 0 saturated heterocycles. The summed E-state index contributed by atoms with van der Waals surface area (Å²) < 4.78 is 11.1. The molecule has 0 bridgehead atoms. The lowest BCUT2D eigenvalue weighted by atomic mass is 9.93. The van der Waals surface area contributed by atoms with E-state index >= 15 is 0 Å². The number of unbranched alkanes of at least 4 members (excludes halogenated alkanes) is 1. The standard InChI is InChI=1S/C28H31N3O4/c1-4-5-7-19-10-14-21(15-11-19)29-28(33)26-18(2)25-23(8-6-9-24(25)35-26)30-31-27(32)20-12-16-22(34-3)17-13-20/h10-17H,4-9H2,1-3H3,(H,29,33)(H,31,32)/b30-23+. The number of nitrogens with one attached hydrogen (secondary N) is 2. The second-order valence-electron chi connectivity index (χ2n) is 8.69. The smallest absolute Gasteiger partial charge is 0.291 e. The third-order valence-electron chi connectivity index (χ3n) is 6.21. The molecule has 0 atom stereocenters. The third-order valence-corrected chi connectivity index (χ3v) is 6.21. The van der Waals surface area contributed by atoms with Gasteiger partial charge in [0.1, 0.15) is 11.5 Å². The van der Waals surface area contributed by atoms with Gasteiger partial charge in [-0.25, -0.2) is 5.43 Å². The molecule has 0 aliphatic heterocycles. The summed E-state index contributed by atoms with van der Waals surface area (Å²) in [6.07, 6.45) is 5.57.